The topological polar surface area (TPSA) is 67.4 Å². The van der Waals surface area contributed by atoms with Crippen LogP contribution in [0.25, 0.3) is 0 Å². The Morgan fingerprint density at radius 1 is 1.05 bits per heavy atom. The van der Waals surface area contributed by atoms with Gasteiger partial charge in [-0.25, -0.2) is 23.5 Å². The van der Waals surface area contributed by atoms with Crippen molar-refractivity contribution in [1.82, 2.24) is 13.9 Å². The average molecular weight is 267 g/mol. The van der Waals surface area contributed by atoms with E-state index in [9.17, 15) is 9.59 Å². The Kier molecular flexibility index (Phi) is 2.58. The van der Waals surface area contributed by atoms with Gasteiger partial charge in [0.05, 0.1) is 0 Å². The molecule has 2 heterocycles. The fourth-order valence-electron chi connectivity index (χ4n) is 3.07. The summed E-state index contributed by atoms with van der Waals surface area (Å²) in [7, 11) is 1.48. The lowest BCUT2D eigenvalue weighted by Gasteiger charge is -2.32. The zero-order valence-electron chi connectivity index (χ0n) is 11.2. The van der Waals surface area contributed by atoms with Gasteiger partial charge in [-0.2, -0.15) is 0 Å². The summed E-state index contributed by atoms with van der Waals surface area (Å²) in [6, 6.07) is -0.780. The van der Waals surface area contributed by atoms with Gasteiger partial charge < -0.3 is 9.47 Å². The summed E-state index contributed by atoms with van der Waals surface area (Å²) in [6.07, 6.45) is 3.74. The molecular formula is C12H17N3O4. The molecule has 1 aromatic rings. The molecule has 104 valence electrons. The monoisotopic (exact) mass is 267 g/mol. The Bertz CT molecular complexity index is 597. The van der Waals surface area contributed by atoms with Crippen LogP contribution in [0.5, 0.6) is 0 Å². The molecule has 0 saturated heterocycles. The molecule has 0 radical (unpaired) electrons. The summed E-state index contributed by atoms with van der Waals surface area (Å²) in [6.45, 7) is 4.65. The highest BCUT2D eigenvalue weighted by molar-refractivity contribution is 5.22. The zero-order valence-corrected chi connectivity index (χ0v) is 11.2. The molecule has 1 aliphatic carbocycles. The van der Waals surface area contributed by atoms with Crippen molar-refractivity contribution in [1.29, 1.82) is 0 Å². The molecule has 2 aliphatic rings. The van der Waals surface area contributed by atoms with E-state index in [2.05, 4.69) is 0 Å². The highest BCUT2D eigenvalue weighted by atomic mass is 16.7. The Morgan fingerprint density at radius 3 is 1.84 bits per heavy atom. The molecule has 7 nitrogen and oxygen atoms in total. The average Bonchev–Trinajstić information content (AvgIpc) is 2.94. The number of hydrogen-bond donors (Lipinski definition) is 0. The summed E-state index contributed by atoms with van der Waals surface area (Å²) in [5, 5.41) is 0. The maximum atomic E-state index is 12.1. The van der Waals surface area contributed by atoms with Crippen LogP contribution < -0.4 is 11.4 Å². The fourth-order valence-corrected chi connectivity index (χ4v) is 3.07. The number of aromatic nitrogens is 3. The Hall–Kier alpha value is -1.60. The minimum absolute atomic E-state index is 0.342. The Balaban J connectivity index is 2.20. The lowest BCUT2D eigenvalue weighted by molar-refractivity contribution is -0.246. The minimum Gasteiger partial charge on any atom is -0.346 e. The second-order valence-corrected chi connectivity index (χ2v) is 4.68. The van der Waals surface area contributed by atoms with Crippen LogP contribution in [-0.4, -0.2) is 32.9 Å². The maximum Gasteiger partial charge on any atom is 0.347 e. The Morgan fingerprint density at radius 2 is 1.47 bits per heavy atom. The molecule has 0 aromatic carbocycles. The SMILES string of the molecule is CCOC1(OCC)[C@H]2C=C[C@H]1n1c(=O)n(C)c(=O)n12. The largest absolute Gasteiger partial charge is 0.347 e. The van der Waals surface area contributed by atoms with E-state index in [1.165, 1.54) is 16.4 Å². The molecule has 0 unspecified atom stereocenters. The second kappa shape index (κ2) is 3.94. The van der Waals surface area contributed by atoms with Crippen LogP contribution in [-0.2, 0) is 16.5 Å². The first-order valence-electron chi connectivity index (χ1n) is 6.44. The molecule has 0 N–H and O–H groups in total. The second-order valence-electron chi connectivity index (χ2n) is 4.68. The third-order valence-corrected chi connectivity index (χ3v) is 3.77. The van der Waals surface area contributed by atoms with E-state index in [0.29, 0.717) is 13.2 Å². The van der Waals surface area contributed by atoms with Crippen molar-refractivity contribution in [2.45, 2.75) is 31.7 Å². The minimum atomic E-state index is -0.962. The quantitative estimate of drug-likeness (QED) is 0.559. The van der Waals surface area contributed by atoms with Crippen LogP contribution >= 0.6 is 0 Å². The number of ether oxygens (including phenoxy) is 2. The maximum absolute atomic E-state index is 12.1. The molecule has 1 aromatic heterocycles. The van der Waals surface area contributed by atoms with Gasteiger partial charge in [-0.3, -0.25) is 0 Å². The van der Waals surface area contributed by atoms with E-state index in [4.69, 9.17) is 9.47 Å². The van der Waals surface area contributed by atoms with Crippen molar-refractivity contribution in [3.63, 3.8) is 0 Å². The summed E-state index contributed by atoms with van der Waals surface area (Å²) in [5.74, 6) is -0.962. The van der Waals surface area contributed by atoms with Gasteiger partial charge in [-0.05, 0) is 13.8 Å². The van der Waals surface area contributed by atoms with Crippen LogP contribution in [0.15, 0.2) is 21.7 Å². The zero-order chi connectivity index (χ0) is 13.8. The highest BCUT2D eigenvalue weighted by Crippen LogP contribution is 2.48. The summed E-state index contributed by atoms with van der Waals surface area (Å²) in [4.78, 5) is 24.3. The van der Waals surface area contributed by atoms with Gasteiger partial charge in [-0.15, -0.1) is 0 Å². The third-order valence-electron chi connectivity index (χ3n) is 3.77. The first kappa shape index (κ1) is 12.4. The van der Waals surface area contributed by atoms with Crippen molar-refractivity contribution in [2.75, 3.05) is 13.2 Å². The van der Waals surface area contributed by atoms with Crippen molar-refractivity contribution in [2.24, 2.45) is 7.05 Å². The van der Waals surface area contributed by atoms with Crippen LogP contribution in [0.2, 0.25) is 0 Å². The molecule has 2 bridgehead atoms. The standard InChI is InChI=1S/C12H17N3O4/c1-4-18-12(19-5-2)8-6-7-9(12)15-11(17)13(3)10(16)14(8)15/h6-9H,4-5H2,1-3H3/t8-,9-/m1/s1. The number of fused-ring (bicyclic) bond motifs is 5. The van der Waals surface area contributed by atoms with Crippen LogP contribution in [0.3, 0.4) is 0 Å². The lowest BCUT2D eigenvalue weighted by Crippen LogP contribution is -2.44. The van der Waals surface area contributed by atoms with Gasteiger partial charge in [0.2, 0.25) is 5.79 Å². The van der Waals surface area contributed by atoms with Crippen LogP contribution in [0.1, 0.15) is 25.9 Å². The van der Waals surface area contributed by atoms with E-state index in [1.807, 2.05) is 26.0 Å². The van der Waals surface area contributed by atoms with E-state index < -0.39 is 17.9 Å². The van der Waals surface area contributed by atoms with E-state index in [1.54, 1.807) is 0 Å². The first-order chi connectivity index (χ1) is 9.08. The van der Waals surface area contributed by atoms with E-state index >= 15 is 0 Å². The molecule has 0 fully saturated rings. The van der Waals surface area contributed by atoms with Gasteiger partial charge in [-0.1, -0.05) is 12.2 Å². The van der Waals surface area contributed by atoms with Crippen molar-refractivity contribution in [3.8, 4) is 0 Å². The molecule has 3 rings (SSSR count). The lowest BCUT2D eigenvalue weighted by atomic mass is 10.1. The first-order valence-corrected chi connectivity index (χ1v) is 6.44. The number of rotatable bonds is 4. The predicted octanol–water partition coefficient (Wildman–Crippen LogP) is -0.217. The number of nitrogens with zero attached hydrogens (tertiary/aromatic N) is 3. The fraction of sp³-hybridized carbons (Fsp3) is 0.667. The van der Waals surface area contributed by atoms with Crippen molar-refractivity contribution in [3.05, 3.63) is 33.1 Å². The molecule has 19 heavy (non-hydrogen) atoms. The van der Waals surface area contributed by atoms with Gasteiger partial charge in [0, 0.05) is 20.3 Å². The summed E-state index contributed by atoms with van der Waals surface area (Å²) < 4.78 is 15.6. The highest BCUT2D eigenvalue weighted by Gasteiger charge is 2.59. The van der Waals surface area contributed by atoms with Gasteiger partial charge in [0.25, 0.3) is 0 Å². The molecule has 2 atom stereocenters. The molecule has 0 spiro atoms. The van der Waals surface area contributed by atoms with Crippen LogP contribution in [0, 0.1) is 0 Å². The van der Waals surface area contributed by atoms with Crippen molar-refractivity contribution >= 4 is 0 Å². The number of hydrogen-bond acceptors (Lipinski definition) is 4. The molecule has 0 amide bonds. The van der Waals surface area contributed by atoms with Gasteiger partial charge in [0.1, 0.15) is 12.1 Å². The van der Waals surface area contributed by atoms with E-state index in [-0.39, 0.29) is 11.4 Å². The normalized spacial score (nSPS) is 26.1. The molecule has 0 saturated carbocycles. The third kappa shape index (κ3) is 1.29. The molecule has 1 aliphatic heterocycles. The molecule has 7 heteroatoms. The Labute approximate surface area is 109 Å². The summed E-state index contributed by atoms with van der Waals surface area (Å²) in [5.41, 5.74) is -0.684. The smallest absolute Gasteiger partial charge is 0.346 e. The van der Waals surface area contributed by atoms with Crippen LogP contribution in [0.4, 0.5) is 0 Å². The van der Waals surface area contributed by atoms with Crippen molar-refractivity contribution < 1.29 is 9.47 Å². The molecular weight excluding hydrogens is 250 g/mol. The van der Waals surface area contributed by atoms with Gasteiger partial charge >= 0.3 is 11.4 Å². The van der Waals surface area contributed by atoms with E-state index in [0.717, 1.165) is 4.57 Å². The summed E-state index contributed by atoms with van der Waals surface area (Å²) >= 11 is 0. The van der Waals surface area contributed by atoms with Gasteiger partial charge in [0.15, 0.2) is 0 Å². The predicted molar refractivity (Wildman–Crippen MR) is 67.1 cm³/mol.